The van der Waals surface area contributed by atoms with Crippen LogP contribution >= 0.6 is 23.9 Å². The largest absolute Gasteiger partial charge is 0.271 e. The molecule has 0 atom stereocenters. The summed E-state index contributed by atoms with van der Waals surface area (Å²) in [6, 6.07) is 13.5. The fourth-order valence-electron chi connectivity index (χ4n) is 3.45. The molecule has 2 aromatic carbocycles. The first kappa shape index (κ1) is 20.7. The van der Waals surface area contributed by atoms with E-state index in [1.165, 1.54) is 0 Å². The Hall–Kier alpha value is -2.58. The normalized spacial score (nSPS) is 15.4. The monoisotopic (exact) mass is 440 g/mol. The van der Waals surface area contributed by atoms with Crippen molar-refractivity contribution in [3.63, 3.8) is 0 Å². The van der Waals surface area contributed by atoms with Crippen LogP contribution in [0.4, 0.5) is 0 Å². The van der Waals surface area contributed by atoms with Crippen molar-refractivity contribution in [1.82, 2.24) is 8.61 Å². The molecule has 2 heterocycles. The molecule has 0 radical (unpaired) electrons. The summed E-state index contributed by atoms with van der Waals surface area (Å²) in [6.45, 7) is 2.09. The van der Waals surface area contributed by atoms with Crippen molar-refractivity contribution >= 4 is 47.5 Å². The van der Waals surface area contributed by atoms with Crippen molar-refractivity contribution in [1.29, 1.82) is 0 Å². The Balaban J connectivity index is 1.53. The number of imide groups is 2. The molecule has 0 spiro atoms. The average molecular weight is 441 g/mol. The molecule has 0 aromatic heterocycles. The van der Waals surface area contributed by atoms with E-state index in [-0.39, 0.29) is 28.2 Å². The van der Waals surface area contributed by atoms with E-state index in [1.807, 2.05) is 0 Å². The molecule has 0 fully saturated rings. The zero-order valence-corrected chi connectivity index (χ0v) is 18.0. The first-order valence-electron chi connectivity index (χ1n) is 9.82. The number of nitrogens with zero attached hydrogens (tertiary/aromatic N) is 2. The Kier molecular flexibility index (Phi) is 5.97. The van der Waals surface area contributed by atoms with E-state index in [9.17, 15) is 19.2 Å². The molecular formula is C22H20N2O4S2. The van der Waals surface area contributed by atoms with Crippen LogP contribution in [-0.4, -0.2) is 36.8 Å². The number of hydrogen-bond donors (Lipinski definition) is 0. The van der Waals surface area contributed by atoms with Gasteiger partial charge in [-0.05, 0) is 54.6 Å². The summed E-state index contributed by atoms with van der Waals surface area (Å²) in [4.78, 5) is 51.0. The maximum atomic E-state index is 12.7. The minimum absolute atomic E-state index is 0.332. The Morgan fingerprint density at radius 1 is 0.667 bits per heavy atom. The van der Waals surface area contributed by atoms with Gasteiger partial charge in [-0.1, -0.05) is 50.5 Å². The van der Waals surface area contributed by atoms with Gasteiger partial charge in [-0.2, -0.15) is 0 Å². The topological polar surface area (TPSA) is 74.8 Å². The maximum Gasteiger partial charge on any atom is 0.271 e. The van der Waals surface area contributed by atoms with Crippen LogP contribution in [0.1, 0.15) is 74.0 Å². The fraction of sp³-hybridized carbons (Fsp3) is 0.273. The summed E-state index contributed by atoms with van der Waals surface area (Å²) < 4.78 is 1.99. The zero-order chi connectivity index (χ0) is 21.3. The Labute approximate surface area is 183 Å². The summed E-state index contributed by atoms with van der Waals surface area (Å²) in [5, 5.41) is 0. The summed E-state index contributed by atoms with van der Waals surface area (Å²) in [7, 11) is 0. The number of benzene rings is 2. The second-order valence-electron chi connectivity index (χ2n) is 7.04. The fourth-order valence-corrected chi connectivity index (χ4v) is 5.91. The predicted octanol–water partition coefficient (Wildman–Crippen LogP) is 4.78. The lowest BCUT2D eigenvalue weighted by atomic mass is 10.1. The Morgan fingerprint density at radius 3 is 1.37 bits per heavy atom. The second kappa shape index (κ2) is 8.65. The van der Waals surface area contributed by atoms with Crippen LogP contribution in [0.2, 0.25) is 0 Å². The van der Waals surface area contributed by atoms with Crippen molar-refractivity contribution < 1.29 is 19.2 Å². The van der Waals surface area contributed by atoms with Gasteiger partial charge in [0, 0.05) is 0 Å². The van der Waals surface area contributed by atoms with E-state index in [4.69, 9.17) is 0 Å². The Morgan fingerprint density at radius 2 is 1.03 bits per heavy atom. The van der Waals surface area contributed by atoms with Crippen molar-refractivity contribution in [3.8, 4) is 0 Å². The number of unbranched alkanes of at least 4 members (excludes halogenated alkanes) is 2. The van der Waals surface area contributed by atoms with E-state index in [1.54, 1.807) is 48.5 Å². The highest BCUT2D eigenvalue weighted by Crippen LogP contribution is 2.40. The first-order valence-corrected chi connectivity index (χ1v) is 11.5. The van der Waals surface area contributed by atoms with Gasteiger partial charge >= 0.3 is 0 Å². The third-order valence-corrected chi connectivity index (χ3v) is 7.55. The van der Waals surface area contributed by atoms with Crippen LogP contribution in [0, 0.1) is 0 Å². The molecule has 30 heavy (non-hydrogen) atoms. The van der Waals surface area contributed by atoms with Gasteiger partial charge in [0.1, 0.15) is 0 Å². The molecule has 0 bridgehead atoms. The summed E-state index contributed by atoms with van der Waals surface area (Å²) >= 11 is 2.19. The third kappa shape index (κ3) is 3.65. The van der Waals surface area contributed by atoms with Crippen LogP contribution in [0.5, 0.6) is 0 Å². The quantitative estimate of drug-likeness (QED) is 0.254. The number of rotatable bonds is 8. The lowest BCUT2D eigenvalue weighted by molar-refractivity contribution is 0.0763. The summed E-state index contributed by atoms with van der Waals surface area (Å²) in [5.74, 6) is -1.43. The molecule has 6 nitrogen and oxygen atoms in total. The van der Waals surface area contributed by atoms with Gasteiger partial charge in [0.05, 0.1) is 26.8 Å². The Bertz CT molecular complexity index is 892. The molecule has 4 amide bonds. The van der Waals surface area contributed by atoms with E-state index in [0.717, 1.165) is 51.8 Å². The van der Waals surface area contributed by atoms with E-state index in [0.29, 0.717) is 28.7 Å². The number of fused-ring (bicyclic) bond motifs is 2. The molecule has 0 unspecified atom stereocenters. The van der Waals surface area contributed by atoms with E-state index in [2.05, 4.69) is 6.92 Å². The molecule has 2 aliphatic rings. The van der Waals surface area contributed by atoms with Crippen LogP contribution in [-0.2, 0) is 0 Å². The highest BCUT2D eigenvalue weighted by molar-refractivity contribution is 8.15. The SMILES string of the molecule is CCCCCC(SN1C(=O)c2ccccc2C1=O)SN1C(=O)c2ccccc2C1=O. The third-order valence-electron chi connectivity index (χ3n) is 5.00. The maximum absolute atomic E-state index is 12.7. The number of carbonyl (C=O) groups excluding carboxylic acids is 4. The van der Waals surface area contributed by atoms with Gasteiger partial charge in [-0.3, -0.25) is 19.2 Å². The van der Waals surface area contributed by atoms with Gasteiger partial charge in [-0.25, -0.2) is 8.61 Å². The van der Waals surface area contributed by atoms with Crippen molar-refractivity contribution in [2.45, 2.75) is 37.2 Å². The van der Waals surface area contributed by atoms with E-state index < -0.39 is 0 Å². The molecule has 0 saturated carbocycles. The van der Waals surface area contributed by atoms with Crippen molar-refractivity contribution in [2.75, 3.05) is 0 Å². The molecule has 4 rings (SSSR count). The van der Waals surface area contributed by atoms with Gasteiger partial charge in [-0.15, -0.1) is 0 Å². The second-order valence-corrected chi connectivity index (χ2v) is 9.63. The molecule has 154 valence electrons. The average Bonchev–Trinajstić information content (AvgIpc) is 3.15. The first-order chi connectivity index (χ1) is 14.5. The summed E-state index contributed by atoms with van der Waals surface area (Å²) in [5.41, 5.74) is 1.53. The lowest BCUT2D eigenvalue weighted by Gasteiger charge is -2.24. The zero-order valence-electron chi connectivity index (χ0n) is 16.4. The molecule has 8 heteroatoms. The number of amides is 4. The highest BCUT2D eigenvalue weighted by atomic mass is 32.2. The predicted molar refractivity (Wildman–Crippen MR) is 117 cm³/mol. The van der Waals surface area contributed by atoms with Gasteiger partial charge < -0.3 is 0 Å². The molecule has 2 aromatic rings. The minimum atomic E-state index is -0.357. The lowest BCUT2D eigenvalue weighted by Crippen LogP contribution is -2.29. The van der Waals surface area contributed by atoms with Gasteiger partial charge in [0.25, 0.3) is 23.6 Å². The van der Waals surface area contributed by atoms with Crippen molar-refractivity contribution in [2.24, 2.45) is 0 Å². The molecule has 0 aliphatic carbocycles. The highest BCUT2D eigenvalue weighted by Gasteiger charge is 2.41. The number of hydrogen-bond acceptors (Lipinski definition) is 6. The molecule has 2 aliphatic heterocycles. The van der Waals surface area contributed by atoms with E-state index >= 15 is 0 Å². The minimum Gasteiger partial charge on any atom is -0.268 e. The van der Waals surface area contributed by atoms with Crippen LogP contribution in [0.25, 0.3) is 0 Å². The van der Waals surface area contributed by atoms with Crippen molar-refractivity contribution in [3.05, 3.63) is 70.8 Å². The van der Waals surface area contributed by atoms with Crippen LogP contribution in [0.3, 0.4) is 0 Å². The standard InChI is InChI=1S/C22H20N2O4S2/c1-2-3-4-13-18(29-23-19(25)14-9-5-6-10-15(14)20(23)26)30-24-21(27)16-11-7-8-12-17(16)22(24)28/h5-12,18H,2-4,13H2,1H3. The molecule has 0 N–H and O–H groups in total. The van der Waals surface area contributed by atoms with Crippen LogP contribution in [0.15, 0.2) is 48.5 Å². The summed E-state index contributed by atoms with van der Waals surface area (Å²) in [6.07, 6.45) is 3.53. The smallest absolute Gasteiger partial charge is 0.268 e. The van der Waals surface area contributed by atoms with Crippen LogP contribution < -0.4 is 0 Å². The van der Waals surface area contributed by atoms with Gasteiger partial charge in [0.2, 0.25) is 0 Å². The number of carbonyl (C=O) groups is 4. The molecular weight excluding hydrogens is 420 g/mol. The van der Waals surface area contributed by atoms with Gasteiger partial charge in [0.15, 0.2) is 0 Å². The molecule has 0 saturated heterocycles.